The van der Waals surface area contributed by atoms with Gasteiger partial charge in [0.25, 0.3) is 0 Å². The molecule has 0 saturated carbocycles. The van der Waals surface area contributed by atoms with E-state index in [2.05, 4.69) is 12.1 Å². The lowest BCUT2D eigenvalue weighted by atomic mass is 10.0. The normalized spacial score (nSPS) is 15.2. The Morgan fingerprint density at radius 1 is 0.957 bits per heavy atom. The van der Waals surface area contributed by atoms with E-state index in [1.807, 2.05) is 44.2 Å². The van der Waals surface area contributed by atoms with Gasteiger partial charge in [-0.25, -0.2) is 0 Å². The van der Waals surface area contributed by atoms with Crippen LogP contribution in [0.15, 0.2) is 54.6 Å². The van der Waals surface area contributed by atoms with Gasteiger partial charge in [0, 0.05) is 17.4 Å². The number of phenolic OH excluding ortho intramolecular Hbond substituents is 1. The highest BCUT2D eigenvalue weighted by Crippen LogP contribution is 2.47. The molecule has 0 aliphatic carbocycles. The van der Waals surface area contributed by atoms with Gasteiger partial charge in [-0.3, -0.25) is 0 Å². The van der Waals surface area contributed by atoms with Gasteiger partial charge in [-0.1, -0.05) is 36.4 Å². The molecule has 23 heavy (non-hydrogen) atoms. The number of rotatable bonds is 2. The maximum Gasteiger partial charge on any atom is 0.168 e. The Balaban J connectivity index is 1.80. The van der Waals surface area contributed by atoms with Crippen LogP contribution in [0.25, 0.3) is 10.8 Å². The molecule has 1 heterocycles. The van der Waals surface area contributed by atoms with Crippen LogP contribution in [0.5, 0.6) is 23.0 Å². The van der Waals surface area contributed by atoms with E-state index in [-0.39, 0.29) is 11.4 Å². The van der Waals surface area contributed by atoms with Crippen molar-refractivity contribution < 1.29 is 14.6 Å². The first kappa shape index (κ1) is 13.9. The van der Waals surface area contributed by atoms with Crippen molar-refractivity contribution >= 4 is 10.8 Å². The third kappa shape index (κ3) is 2.38. The summed E-state index contributed by atoms with van der Waals surface area (Å²) in [7, 11) is 0. The first-order valence-corrected chi connectivity index (χ1v) is 7.73. The lowest BCUT2D eigenvalue weighted by molar-refractivity contribution is 0.134. The molecule has 116 valence electrons. The first-order valence-electron chi connectivity index (χ1n) is 7.73. The van der Waals surface area contributed by atoms with E-state index < -0.39 is 0 Å². The maximum atomic E-state index is 10.0. The minimum Gasteiger partial charge on any atom is -0.504 e. The van der Waals surface area contributed by atoms with Gasteiger partial charge in [0.05, 0.1) is 0 Å². The number of ether oxygens (including phenoxy) is 2. The smallest absolute Gasteiger partial charge is 0.168 e. The summed E-state index contributed by atoms with van der Waals surface area (Å²) in [5, 5.41) is 12.2. The van der Waals surface area contributed by atoms with E-state index in [0.717, 1.165) is 27.8 Å². The molecule has 3 heteroatoms. The number of hydrogen-bond donors (Lipinski definition) is 1. The van der Waals surface area contributed by atoms with Crippen molar-refractivity contribution in [1.82, 2.24) is 0 Å². The zero-order valence-corrected chi connectivity index (χ0v) is 13.2. The minimum absolute atomic E-state index is 0.163. The largest absolute Gasteiger partial charge is 0.504 e. The van der Waals surface area contributed by atoms with Crippen molar-refractivity contribution in [2.75, 3.05) is 0 Å². The lowest BCUT2D eigenvalue weighted by Crippen LogP contribution is -2.24. The molecule has 4 rings (SSSR count). The Hall–Kier alpha value is -2.68. The molecule has 1 aliphatic rings. The van der Waals surface area contributed by atoms with E-state index in [0.29, 0.717) is 12.2 Å². The fraction of sp³-hybridized carbons (Fsp3) is 0.200. The predicted molar refractivity (Wildman–Crippen MR) is 90.5 cm³/mol. The van der Waals surface area contributed by atoms with E-state index >= 15 is 0 Å². The van der Waals surface area contributed by atoms with Gasteiger partial charge in [-0.2, -0.15) is 0 Å². The van der Waals surface area contributed by atoms with Crippen molar-refractivity contribution in [3.63, 3.8) is 0 Å². The monoisotopic (exact) mass is 306 g/mol. The van der Waals surface area contributed by atoms with Crippen LogP contribution in [-0.4, -0.2) is 10.7 Å². The number of phenols is 1. The summed E-state index contributed by atoms with van der Waals surface area (Å²) in [5.74, 6) is 2.24. The Morgan fingerprint density at radius 3 is 2.61 bits per heavy atom. The zero-order valence-electron chi connectivity index (χ0n) is 13.2. The molecular weight excluding hydrogens is 288 g/mol. The molecule has 0 saturated heterocycles. The van der Waals surface area contributed by atoms with Crippen molar-refractivity contribution in [3.8, 4) is 23.0 Å². The summed E-state index contributed by atoms with van der Waals surface area (Å²) < 4.78 is 12.1. The Kier molecular flexibility index (Phi) is 2.98. The number of benzene rings is 3. The highest BCUT2D eigenvalue weighted by atomic mass is 16.5. The van der Waals surface area contributed by atoms with Gasteiger partial charge in [0.2, 0.25) is 0 Å². The molecule has 3 aromatic carbocycles. The minimum atomic E-state index is -0.335. The molecule has 0 unspecified atom stereocenters. The SMILES string of the molecule is CC1(C)Cc2c(Oc3cccc4ccccc34)ccc(O)c2O1. The van der Waals surface area contributed by atoms with Gasteiger partial charge < -0.3 is 14.6 Å². The molecule has 1 N–H and O–H groups in total. The summed E-state index contributed by atoms with van der Waals surface area (Å²) in [6, 6.07) is 17.6. The van der Waals surface area contributed by atoms with E-state index in [1.54, 1.807) is 12.1 Å². The second kappa shape index (κ2) is 4.92. The van der Waals surface area contributed by atoms with Crippen LogP contribution in [0.2, 0.25) is 0 Å². The lowest BCUT2D eigenvalue weighted by Gasteiger charge is -2.16. The van der Waals surface area contributed by atoms with Gasteiger partial charge in [-0.15, -0.1) is 0 Å². The molecule has 0 atom stereocenters. The van der Waals surface area contributed by atoms with Crippen LogP contribution in [-0.2, 0) is 6.42 Å². The first-order chi connectivity index (χ1) is 11.0. The fourth-order valence-corrected chi connectivity index (χ4v) is 3.12. The third-order valence-corrected chi connectivity index (χ3v) is 4.15. The highest BCUT2D eigenvalue weighted by molar-refractivity contribution is 5.88. The van der Waals surface area contributed by atoms with E-state index in [9.17, 15) is 5.11 Å². The molecule has 0 bridgehead atoms. The standard InChI is InChI=1S/C20H18O3/c1-20(2)12-15-18(11-10-16(21)19(15)23-20)22-17-9-5-7-13-6-3-4-8-14(13)17/h3-11,21H,12H2,1-2H3. The molecule has 0 radical (unpaired) electrons. The van der Waals surface area contributed by atoms with Crippen molar-refractivity contribution in [2.24, 2.45) is 0 Å². The fourth-order valence-electron chi connectivity index (χ4n) is 3.12. The van der Waals surface area contributed by atoms with Crippen molar-refractivity contribution in [3.05, 3.63) is 60.2 Å². The molecule has 0 aromatic heterocycles. The Morgan fingerprint density at radius 2 is 1.74 bits per heavy atom. The van der Waals surface area contributed by atoms with Crippen LogP contribution in [0.3, 0.4) is 0 Å². The molecular formula is C20H18O3. The van der Waals surface area contributed by atoms with Crippen LogP contribution in [0.4, 0.5) is 0 Å². The maximum absolute atomic E-state index is 10.0. The highest BCUT2D eigenvalue weighted by Gasteiger charge is 2.34. The zero-order chi connectivity index (χ0) is 16.0. The van der Waals surface area contributed by atoms with Gasteiger partial charge in [0.1, 0.15) is 17.1 Å². The molecule has 1 aliphatic heterocycles. The Bertz CT molecular complexity index is 891. The summed E-state index contributed by atoms with van der Waals surface area (Å²) in [6.45, 7) is 4.02. The number of hydrogen-bond acceptors (Lipinski definition) is 3. The predicted octanol–water partition coefficient (Wildman–Crippen LogP) is 5.05. The Labute approximate surface area is 135 Å². The average molecular weight is 306 g/mol. The number of aromatic hydroxyl groups is 1. The third-order valence-electron chi connectivity index (χ3n) is 4.15. The molecule has 3 nitrogen and oxygen atoms in total. The van der Waals surface area contributed by atoms with E-state index in [4.69, 9.17) is 9.47 Å². The second-order valence-corrected chi connectivity index (χ2v) is 6.51. The van der Waals surface area contributed by atoms with Gasteiger partial charge >= 0.3 is 0 Å². The van der Waals surface area contributed by atoms with Crippen molar-refractivity contribution in [2.45, 2.75) is 25.9 Å². The van der Waals surface area contributed by atoms with Gasteiger partial charge in [-0.05, 0) is 37.4 Å². The molecule has 0 amide bonds. The van der Waals surface area contributed by atoms with Crippen LogP contribution in [0.1, 0.15) is 19.4 Å². The summed E-state index contributed by atoms with van der Waals surface area (Å²) in [5.41, 5.74) is 0.584. The second-order valence-electron chi connectivity index (χ2n) is 6.51. The van der Waals surface area contributed by atoms with Crippen LogP contribution >= 0.6 is 0 Å². The van der Waals surface area contributed by atoms with Crippen LogP contribution < -0.4 is 9.47 Å². The molecule has 3 aromatic rings. The topological polar surface area (TPSA) is 38.7 Å². The summed E-state index contributed by atoms with van der Waals surface area (Å²) in [4.78, 5) is 0. The molecule has 0 fully saturated rings. The average Bonchev–Trinajstić information content (AvgIpc) is 2.87. The number of fused-ring (bicyclic) bond motifs is 2. The van der Waals surface area contributed by atoms with E-state index in [1.165, 1.54) is 0 Å². The van der Waals surface area contributed by atoms with Crippen molar-refractivity contribution in [1.29, 1.82) is 0 Å². The summed E-state index contributed by atoms with van der Waals surface area (Å²) in [6.07, 6.45) is 0.705. The summed E-state index contributed by atoms with van der Waals surface area (Å²) >= 11 is 0. The van der Waals surface area contributed by atoms with Crippen LogP contribution in [0, 0.1) is 0 Å². The molecule has 0 spiro atoms. The quantitative estimate of drug-likeness (QED) is 0.720. The van der Waals surface area contributed by atoms with Gasteiger partial charge in [0.15, 0.2) is 11.5 Å².